The lowest BCUT2D eigenvalue weighted by Gasteiger charge is -2.23. The van der Waals surface area contributed by atoms with Crippen LogP contribution >= 0.6 is 0 Å². The number of hydrogen-bond acceptors (Lipinski definition) is 5. The van der Waals surface area contributed by atoms with E-state index < -0.39 is 0 Å². The zero-order valence-corrected chi connectivity index (χ0v) is 8.40. The summed E-state index contributed by atoms with van der Waals surface area (Å²) in [5.41, 5.74) is 0. The van der Waals surface area contributed by atoms with E-state index in [1.54, 1.807) is 7.11 Å². The van der Waals surface area contributed by atoms with Gasteiger partial charge in [0.15, 0.2) is 5.82 Å². The summed E-state index contributed by atoms with van der Waals surface area (Å²) in [5.74, 6) is 0.619. The number of aromatic nitrogens is 2. The van der Waals surface area contributed by atoms with Crippen LogP contribution in [-0.2, 0) is 11.3 Å². The molecule has 5 nitrogen and oxygen atoms in total. The van der Waals surface area contributed by atoms with E-state index in [-0.39, 0.29) is 0 Å². The summed E-state index contributed by atoms with van der Waals surface area (Å²) in [5, 5.41) is 3.83. The van der Waals surface area contributed by atoms with Crippen molar-refractivity contribution >= 4 is 6.01 Å². The smallest absolute Gasteiger partial charge is 0.324 e. The molecule has 0 amide bonds. The largest absolute Gasteiger partial charge is 0.377 e. The molecule has 0 bridgehead atoms. The second-order valence-electron chi connectivity index (χ2n) is 3.47. The first-order valence-corrected chi connectivity index (χ1v) is 4.96. The highest BCUT2D eigenvalue weighted by atomic mass is 16.5. The maximum absolute atomic E-state index is 5.14. The van der Waals surface area contributed by atoms with Crippen molar-refractivity contribution in [1.29, 1.82) is 0 Å². The first-order chi connectivity index (χ1) is 6.90. The molecule has 1 aromatic heterocycles. The van der Waals surface area contributed by atoms with Crippen molar-refractivity contribution < 1.29 is 9.26 Å². The Kier molecular flexibility index (Phi) is 2.98. The Balaban J connectivity index is 2.00. The van der Waals surface area contributed by atoms with Gasteiger partial charge >= 0.3 is 6.01 Å². The number of anilines is 1. The van der Waals surface area contributed by atoms with Crippen molar-refractivity contribution in [3.05, 3.63) is 5.82 Å². The third kappa shape index (κ3) is 2.04. The van der Waals surface area contributed by atoms with Crippen LogP contribution in [0.1, 0.15) is 25.1 Å². The average Bonchev–Trinajstić information content (AvgIpc) is 2.68. The molecule has 0 unspecified atom stereocenters. The van der Waals surface area contributed by atoms with Crippen LogP contribution in [0.25, 0.3) is 0 Å². The minimum atomic E-state index is 0.414. The maximum Gasteiger partial charge on any atom is 0.324 e. The Labute approximate surface area is 83.0 Å². The van der Waals surface area contributed by atoms with E-state index in [4.69, 9.17) is 9.26 Å². The Bertz CT molecular complexity index is 281. The van der Waals surface area contributed by atoms with Crippen LogP contribution in [0, 0.1) is 0 Å². The predicted molar refractivity (Wildman–Crippen MR) is 51.1 cm³/mol. The van der Waals surface area contributed by atoms with Crippen LogP contribution in [0.2, 0.25) is 0 Å². The summed E-state index contributed by atoms with van der Waals surface area (Å²) >= 11 is 0. The minimum absolute atomic E-state index is 0.414. The maximum atomic E-state index is 5.14. The molecule has 0 saturated carbocycles. The molecule has 2 rings (SSSR count). The summed E-state index contributed by atoms with van der Waals surface area (Å²) in [6.45, 7) is 2.46. The van der Waals surface area contributed by atoms with E-state index in [9.17, 15) is 0 Å². The fraction of sp³-hybridized carbons (Fsp3) is 0.778. The van der Waals surface area contributed by atoms with Gasteiger partial charge in [-0.25, -0.2) is 0 Å². The topological polar surface area (TPSA) is 51.4 Å². The van der Waals surface area contributed by atoms with E-state index in [1.807, 2.05) is 0 Å². The van der Waals surface area contributed by atoms with Crippen LogP contribution in [0.5, 0.6) is 0 Å². The lowest BCUT2D eigenvalue weighted by atomic mass is 10.1. The first kappa shape index (κ1) is 9.45. The Hall–Kier alpha value is -1.10. The molecular weight excluding hydrogens is 182 g/mol. The normalized spacial score (nSPS) is 17.4. The van der Waals surface area contributed by atoms with Crippen LogP contribution in [0.3, 0.4) is 0 Å². The standard InChI is InChI=1S/C9H15N3O2/c1-13-7-8-10-9(14-11-8)12-5-3-2-4-6-12/h2-7H2,1H3. The van der Waals surface area contributed by atoms with Gasteiger partial charge < -0.3 is 14.2 Å². The Morgan fingerprint density at radius 3 is 2.86 bits per heavy atom. The molecule has 0 spiro atoms. The highest BCUT2D eigenvalue weighted by Crippen LogP contribution is 2.17. The minimum Gasteiger partial charge on any atom is -0.377 e. The highest BCUT2D eigenvalue weighted by molar-refractivity contribution is 5.25. The van der Waals surface area contributed by atoms with E-state index in [0.717, 1.165) is 13.1 Å². The van der Waals surface area contributed by atoms with Gasteiger partial charge in [-0.1, -0.05) is 5.16 Å². The van der Waals surface area contributed by atoms with Crippen LogP contribution in [0.4, 0.5) is 6.01 Å². The molecule has 0 radical (unpaired) electrons. The molecule has 0 aliphatic carbocycles. The van der Waals surface area contributed by atoms with Gasteiger partial charge in [-0.15, -0.1) is 0 Å². The summed E-state index contributed by atoms with van der Waals surface area (Å²) in [6.07, 6.45) is 3.72. The molecule has 78 valence electrons. The van der Waals surface area contributed by atoms with Crippen molar-refractivity contribution in [2.75, 3.05) is 25.1 Å². The van der Waals surface area contributed by atoms with Crippen LogP contribution < -0.4 is 4.90 Å². The van der Waals surface area contributed by atoms with Crippen molar-refractivity contribution in [1.82, 2.24) is 10.1 Å². The third-order valence-electron chi connectivity index (χ3n) is 2.36. The molecule has 1 saturated heterocycles. The second-order valence-corrected chi connectivity index (χ2v) is 3.47. The van der Waals surface area contributed by atoms with Gasteiger partial charge in [0, 0.05) is 20.2 Å². The molecular formula is C9H15N3O2. The van der Waals surface area contributed by atoms with Crippen LogP contribution in [-0.4, -0.2) is 30.3 Å². The predicted octanol–water partition coefficient (Wildman–Crippen LogP) is 1.21. The van der Waals surface area contributed by atoms with E-state index in [2.05, 4.69) is 15.0 Å². The molecule has 5 heteroatoms. The molecule has 1 aliphatic heterocycles. The lowest BCUT2D eigenvalue weighted by Crippen LogP contribution is -2.29. The van der Waals surface area contributed by atoms with E-state index >= 15 is 0 Å². The third-order valence-corrected chi connectivity index (χ3v) is 2.36. The van der Waals surface area contributed by atoms with E-state index in [1.165, 1.54) is 19.3 Å². The zero-order valence-electron chi connectivity index (χ0n) is 8.40. The number of rotatable bonds is 3. The van der Waals surface area contributed by atoms with Gasteiger partial charge in [0.1, 0.15) is 6.61 Å². The summed E-state index contributed by atoms with van der Waals surface area (Å²) in [4.78, 5) is 6.38. The van der Waals surface area contributed by atoms with Gasteiger partial charge in [-0.3, -0.25) is 0 Å². The molecule has 0 N–H and O–H groups in total. The Morgan fingerprint density at radius 2 is 2.14 bits per heavy atom. The summed E-state index contributed by atoms with van der Waals surface area (Å²) in [7, 11) is 1.62. The summed E-state index contributed by atoms with van der Waals surface area (Å²) < 4.78 is 10.1. The van der Waals surface area contributed by atoms with Crippen molar-refractivity contribution in [3.8, 4) is 0 Å². The molecule has 1 fully saturated rings. The fourth-order valence-corrected chi connectivity index (χ4v) is 1.65. The lowest BCUT2D eigenvalue weighted by molar-refractivity contribution is 0.174. The van der Waals surface area contributed by atoms with Gasteiger partial charge in [0.2, 0.25) is 0 Å². The number of nitrogens with zero attached hydrogens (tertiary/aromatic N) is 3. The van der Waals surface area contributed by atoms with E-state index in [0.29, 0.717) is 18.4 Å². The number of hydrogen-bond donors (Lipinski definition) is 0. The van der Waals surface area contributed by atoms with Gasteiger partial charge in [0.25, 0.3) is 0 Å². The molecule has 14 heavy (non-hydrogen) atoms. The fourth-order valence-electron chi connectivity index (χ4n) is 1.65. The van der Waals surface area contributed by atoms with Crippen molar-refractivity contribution in [2.45, 2.75) is 25.9 Å². The first-order valence-electron chi connectivity index (χ1n) is 4.96. The highest BCUT2D eigenvalue weighted by Gasteiger charge is 2.16. The number of piperidine rings is 1. The van der Waals surface area contributed by atoms with Crippen LogP contribution in [0.15, 0.2) is 4.52 Å². The second kappa shape index (κ2) is 4.41. The quantitative estimate of drug-likeness (QED) is 0.729. The zero-order chi connectivity index (χ0) is 9.80. The van der Waals surface area contributed by atoms with Gasteiger partial charge in [0.05, 0.1) is 0 Å². The van der Waals surface area contributed by atoms with Gasteiger partial charge in [-0.05, 0) is 19.3 Å². The molecule has 1 aliphatic rings. The average molecular weight is 197 g/mol. The Morgan fingerprint density at radius 1 is 1.36 bits per heavy atom. The van der Waals surface area contributed by atoms with Crippen molar-refractivity contribution in [3.63, 3.8) is 0 Å². The molecule has 0 aromatic carbocycles. The summed E-state index contributed by atoms with van der Waals surface area (Å²) in [6, 6.07) is 0.636. The monoisotopic (exact) mass is 197 g/mol. The molecule has 2 heterocycles. The van der Waals surface area contributed by atoms with Gasteiger partial charge in [-0.2, -0.15) is 4.98 Å². The SMILES string of the molecule is COCc1noc(N2CCCCC2)n1. The number of methoxy groups -OCH3 is 1. The van der Waals surface area contributed by atoms with Crippen molar-refractivity contribution in [2.24, 2.45) is 0 Å². The number of ether oxygens (including phenoxy) is 1. The molecule has 1 aromatic rings. The molecule has 0 atom stereocenters.